The predicted molar refractivity (Wildman–Crippen MR) is 89.9 cm³/mol. The first kappa shape index (κ1) is 20.8. The summed E-state index contributed by atoms with van der Waals surface area (Å²) < 4.78 is 30.6. The molecule has 8 nitrogen and oxygen atoms in total. The van der Waals surface area contributed by atoms with Crippen LogP contribution in [0.1, 0.15) is 35.7 Å². The lowest BCUT2D eigenvalue weighted by Crippen LogP contribution is -2.48. The van der Waals surface area contributed by atoms with Crippen molar-refractivity contribution in [3.8, 4) is 0 Å². The van der Waals surface area contributed by atoms with Gasteiger partial charge in [-0.1, -0.05) is 37.6 Å². The summed E-state index contributed by atoms with van der Waals surface area (Å²) in [5, 5.41) is 11.1. The standard InChI is InChI=1S/C16H21NO7S/c1-3-6-12(14(18)11-8-5-4-7-10(11)2)15(19)17-13(16(20)21)9-25(22,23)24/h4-5,7-8,12-13H,3,6,9H2,1-2H3,(H,17,19)(H,20,21)(H,22,23,24). The molecule has 25 heavy (non-hydrogen) atoms. The zero-order valence-electron chi connectivity index (χ0n) is 13.9. The van der Waals surface area contributed by atoms with Gasteiger partial charge in [0.2, 0.25) is 5.91 Å². The highest BCUT2D eigenvalue weighted by atomic mass is 32.2. The lowest BCUT2D eigenvalue weighted by Gasteiger charge is -2.19. The van der Waals surface area contributed by atoms with Gasteiger partial charge in [0.15, 0.2) is 5.78 Å². The van der Waals surface area contributed by atoms with Crippen LogP contribution in [0.5, 0.6) is 0 Å². The van der Waals surface area contributed by atoms with Crippen molar-refractivity contribution >= 4 is 27.8 Å². The fourth-order valence-corrected chi connectivity index (χ4v) is 3.01. The molecule has 2 atom stereocenters. The van der Waals surface area contributed by atoms with Gasteiger partial charge in [-0.3, -0.25) is 14.1 Å². The summed E-state index contributed by atoms with van der Waals surface area (Å²) in [6, 6.07) is 4.84. The van der Waals surface area contributed by atoms with E-state index in [2.05, 4.69) is 0 Å². The van der Waals surface area contributed by atoms with Gasteiger partial charge in [-0.15, -0.1) is 0 Å². The molecular formula is C16H21NO7S. The first-order chi connectivity index (χ1) is 11.6. The summed E-state index contributed by atoms with van der Waals surface area (Å²) in [5.41, 5.74) is 1.02. The molecular weight excluding hydrogens is 350 g/mol. The summed E-state index contributed by atoms with van der Waals surface area (Å²) in [7, 11) is -4.61. The van der Waals surface area contributed by atoms with Crippen LogP contribution in [-0.2, 0) is 19.7 Å². The van der Waals surface area contributed by atoms with Gasteiger partial charge in [-0.05, 0) is 18.9 Å². The Bertz CT molecular complexity index is 758. The van der Waals surface area contributed by atoms with Crippen molar-refractivity contribution in [2.75, 3.05) is 5.75 Å². The lowest BCUT2D eigenvalue weighted by atomic mass is 9.90. The quantitative estimate of drug-likeness (QED) is 0.335. The molecule has 9 heteroatoms. The van der Waals surface area contributed by atoms with Gasteiger partial charge in [0.25, 0.3) is 10.1 Å². The van der Waals surface area contributed by atoms with E-state index >= 15 is 0 Å². The van der Waals surface area contributed by atoms with Crippen molar-refractivity contribution in [1.82, 2.24) is 5.32 Å². The third kappa shape index (κ3) is 6.28. The number of carboxylic acid groups (broad SMARTS) is 1. The SMILES string of the molecule is CCCC(C(=O)NC(CS(=O)(=O)O)C(=O)O)C(=O)c1ccccc1C. The van der Waals surface area contributed by atoms with E-state index in [1.165, 1.54) is 0 Å². The fraction of sp³-hybridized carbons (Fsp3) is 0.438. The molecule has 138 valence electrons. The molecule has 1 amide bonds. The minimum Gasteiger partial charge on any atom is -0.480 e. The maximum atomic E-state index is 12.7. The highest BCUT2D eigenvalue weighted by Crippen LogP contribution is 2.18. The number of carbonyl (C=O) groups is 3. The molecule has 0 saturated carbocycles. The second kappa shape index (κ2) is 8.72. The first-order valence-corrected chi connectivity index (χ1v) is 9.26. The number of hydrogen-bond donors (Lipinski definition) is 3. The van der Waals surface area contributed by atoms with Crippen molar-refractivity contribution in [3.05, 3.63) is 35.4 Å². The van der Waals surface area contributed by atoms with Gasteiger partial charge in [0.05, 0.1) is 0 Å². The van der Waals surface area contributed by atoms with Crippen LogP contribution >= 0.6 is 0 Å². The molecule has 0 heterocycles. The van der Waals surface area contributed by atoms with Crippen LogP contribution in [-0.4, -0.2) is 47.5 Å². The van der Waals surface area contributed by atoms with Crippen molar-refractivity contribution in [3.63, 3.8) is 0 Å². The number of carboxylic acids is 1. The molecule has 2 unspecified atom stereocenters. The number of amides is 1. The van der Waals surface area contributed by atoms with Crippen molar-refractivity contribution in [2.45, 2.75) is 32.7 Å². The number of aliphatic carboxylic acids is 1. The minimum atomic E-state index is -4.61. The molecule has 0 aliphatic heterocycles. The van der Waals surface area contributed by atoms with Crippen molar-refractivity contribution < 1.29 is 32.5 Å². The molecule has 0 aromatic heterocycles. The van der Waals surface area contributed by atoms with Crippen molar-refractivity contribution in [2.24, 2.45) is 5.92 Å². The van der Waals surface area contributed by atoms with Crippen molar-refractivity contribution in [1.29, 1.82) is 0 Å². The molecule has 3 N–H and O–H groups in total. The molecule has 0 bridgehead atoms. The Kier molecular flexibility index (Phi) is 7.25. The Morgan fingerprint density at radius 2 is 1.80 bits per heavy atom. The van der Waals surface area contributed by atoms with E-state index in [4.69, 9.17) is 9.66 Å². The lowest BCUT2D eigenvalue weighted by molar-refractivity contribution is -0.141. The fourth-order valence-electron chi connectivity index (χ4n) is 2.36. The molecule has 1 aromatic carbocycles. The van der Waals surface area contributed by atoms with Crippen LogP contribution in [0.4, 0.5) is 0 Å². The van der Waals surface area contributed by atoms with Gasteiger partial charge in [0.1, 0.15) is 17.7 Å². The highest BCUT2D eigenvalue weighted by Gasteiger charge is 2.32. The van der Waals surface area contributed by atoms with Gasteiger partial charge < -0.3 is 10.4 Å². The highest BCUT2D eigenvalue weighted by molar-refractivity contribution is 7.85. The van der Waals surface area contributed by atoms with Crippen LogP contribution < -0.4 is 5.32 Å². The van der Waals surface area contributed by atoms with Gasteiger partial charge in [0, 0.05) is 5.56 Å². The molecule has 0 saturated heterocycles. The monoisotopic (exact) mass is 371 g/mol. The van der Waals surface area contributed by atoms with E-state index in [-0.39, 0.29) is 6.42 Å². The summed E-state index contributed by atoms with van der Waals surface area (Å²) in [6.45, 7) is 3.48. The molecule has 0 spiro atoms. The third-order valence-electron chi connectivity index (χ3n) is 3.61. The van der Waals surface area contributed by atoms with Crippen LogP contribution in [0.3, 0.4) is 0 Å². The van der Waals surface area contributed by atoms with Crippen LogP contribution in [0.2, 0.25) is 0 Å². The van der Waals surface area contributed by atoms with E-state index in [1.807, 2.05) is 5.32 Å². The largest absolute Gasteiger partial charge is 0.480 e. The zero-order chi connectivity index (χ0) is 19.2. The molecule has 0 radical (unpaired) electrons. The average Bonchev–Trinajstić information content (AvgIpc) is 2.50. The summed E-state index contributed by atoms with van der Waals surface area (Å²) in [4.78, 5) is 36.2. The Morgan fingerprint density at radius 1 is 1.20 bits per heavy atom. The van der Waals surface area contributed by atoms with Gasteiger partial charge >= 0.3 is 5.97 Å². The zero-order valence-corrected chi connectivity index (χ0v) is 14.7. The number of hydrogen-bond acceptors (Lipinski definition) is 5. The van der Waals surface area contributed by atoms with Crippen LogP contribution in [0, 0.1) is 12.8 Å². The maximum Gasteiger partial charge on any atom is 0.327 e. The number of Topliss-reactive ketones (excluding diaryl/α,β-unsaturated/α-hetero) is 1. The van der Waals surface area contributed by atoms with E-state index < -0.39 is 45.5 Å². The topological polar surface area (TPSA) is 138 Å². The molecule has 0 fully saturated rings. The average molecular weight is 371 g/mol. The van der Waals surface area contributed by atoms with Gasteiger partial charge in [-0.2, -0.15) is 8.42 Å². The molecule has 0 aliphatic carbocycles. The Balaban J connectivity index is 3.04. The Hall–Kier alpha value is -2.26. The number of rotatable bonds is 9. The number of aryl methyl sites for hydroxylation is 1. The van der Waals surface area contributed by atoms with Gasteiger partial charge in [-0.25, -0.2) is 4.79 Å². The summed E-state index contributed by atoms with van der Waals surface area (Å²) in [6.07, 6.45) is 0.670. The third-order valence-corrected chi connectivity index (χ3v) is 4.37. The van der Waals surface area contributed by atoms with Crippen LogP contribution in [0.15, 0.2) is 24.3 Å². The Labute approximate surface area is 146 Å². The number of benzene rings is 1. The number of ketones is 1. The molecule has 0 aliphatic rings. The van der Waals surface area contributed by atoms with E-state index in [0.717, 1.165) is 0 Å². The van der Waals surface area contributed by atoms with E-state index in [1.54, 1.807) is 38.1 Å². The maximum absolute atomic E-state index is 12.7. The second-order valence-corrected chi connectivity index (χ2v) is 7.17. The predicted octanol–water partition coefficient (Wildman–Crippen LogP) is 1.05. The first-order valence-electron chi connectivity index (χ1n) is 7.65. The number of nitrogens with one attached hydrogen (secondary N) is 1. The molecule has 1 rings (SSSR count). The van der Waals surface area contributed by atoms with E-state index in [0.29, 0.717) is 17.5 Å². The van der Waals surface area contributed by atoms with Crippen LogP contribution in [0.25, 0.3) is 0 Å². The smallest absolute Gasteiger partial charge is 0.327 e. The normalized spacial score (nSPS) is 13.7. The number of carbonyl (C=O) groups excluding carboxylic acids is 2. The summed E-state index contributed by atoms with van der Waals surface area (Å²) in [5.74, 6) is -5.29. The van der Waals surface area contributed by atoms with E-state index in [9.17, 15) is 22.8 Å². The Morgan fingerprint density at radius 3 is 2.28 bits per heavy atom. The molecule has 1 aromatic rings. The summed E-state index contributed by atoms with van der Waals surface area (Å²) >= 11 is 0. The minimum absolute atomic E-state index is 0.178. The second-order valence-electron chi connectivity index (χ2n) is 5.67.